The highest BCUT2D eigenvalue weighted by Crippen LogP contribution is 2.41. The first-order valence-corrected chi connectivity index (χ1v) is 12.2. The van der Waals surface area contributed by atoms with Crippen LogP contribution in [0.3, 0.4) is 0 Å². The van der Waals surface area contributed by atoms with Crippen molar-refractivity contribution in [3.05, 3.63) is 114 Å². The molecule has 0 amide bonds. The molecule has 0 spiro atoms. The summed E-state index contributed by atoms with van der Waals surface area (Å²) in [6.07, 6.45) is 1.01. The highest BCUT2D eigenvalue weighted by atomic mass is 15.1. The van der Waals surface area contributed by atoms with Crippen LogP contribution in [0.15, 0.2) is 103 Å². The third kappa shape index (κ3) is 2.88. The molecular weight excluding hydrogens is 426 g/mol. The third-order valence-corrected chi connectivity index (χ3v) is 7.15. The topological polar surface area (TPSA) is 22.8 Å². The predicted molar refractivity (Wildman–Crippen MR) is 147 cm³/mol. The highest BCUT2D eigenvalue weighted by Gasteiger charge is 2.21. The summed E-state index contributed by atoms with van der Waals surface area (Å²) < 4.78 is 4.79. The van der Waals surface area contributed by atoms with E-state index in [0.717, 1.165) is 17.9 Å². The van der Waals surface area contributed by atoms with Crippen LogP contribution in [0.1, 0.15) is 18.2 Å². The van der Waals surface area contributed by atoms with Crippen molar-refractivity contribution in [2.45, 2.75) is 20.3 Å². The average molecular weight is 452 g/mol. The van der Waals surface area contributed by atoms with E-state index in [1.54, 1.807) is 0 Å². The minimum atomic E-state index is 0.947. The molecule has 0 aliphatic carbocycles. The molecule has 0 radical (unpaired) electrons. The Kier molecular flexibility index (Phi) is 4.34. The van der Waals surface area contributed by atoms with Crippen molar-refractivity contribution < 1.29 is 0 Å². The molecule has 4 aromatic carbocycles. The van der Waals surface area contributed by atoms with Crippen LogP contribution >= 0.6 is 0 Å². The van der Waals surface area contributed by atoms with Gasteiger partial charge in [0, 0.05) is 32.9 Å². The summed E-state index contributed by atoms with van der Waals surface area (Å²) in [4.78, 5) is 4.96. The van der Waals surface area contributed by atoms with Gasteiger partial charge in [-0.3, -0.25) is 4.57 Å². The van der Waals surface area contributed by atoms with Gasteiger partial charge in [-0.15, -0.1) is 0 Å². The van der Waals surface area contributed by atoms with Gasteiger partial charge >= 0.3 is 0 Å². The van der Waals surface area contributed by atoms with E-state index in [9.17, 15) is 0 Å². The van der Waals surface area contributed by atoms with Crippen molar-refractivity contribution in [3.63, 3.8) is 0 Å². The molecule has 3 aromatic heterocycles. The van der Waals surface area contributed by atoms with E-state index in [0.29, 0.717) is 0 Å². The SMILES string of the molecule is CCc1cccc(-n2c3ccccc3c3ccc4c5ccccc5n(-c5cccc(C)n5)c4c32)c1. The molecule has 0 atom stereocenters. The van der Waals surface area contributed by atoms with Gasteiger partial charge in [-0.1, -0.05) is 73.7 Å². The molecule has 3 heteroatoms. The van der Waals surface area contributed by atoms with Crippen LogP contribution in [0.2, 0.25) is 0 Å². The number of benzene rings is 4. The molecular formula is C32H25N3. The van der Waals surface area contributed by atoms with Crippen molar-refractivity contribution in [1.82, 2.24) is 14.1 Å². The van der Waals surface area contributed by atoms with Crippen LogP contribution in [0.5, 0.6) is 0 Å². The Morgan fingerprint density at radius 2 is 1.23 bits per heavy atom. The van der Waals surface area contributed by atoms with Gasteiger partial charge in [-0.25, -0.2) is 4.98 Å². The Hall–Kier alpha value is -4.37. The first-order chi connectivity index (χ1) is 17.2. The number of hydrogen-bond acceptors (Lipinski definition) is 1. The van der Waals surface area contributed by atoms with Gasteiger partial charge in [0.2, 0.25) is 0 Å². The Balaban J connectivity index is 1.76. The van der Waals surface area contributed by atoms with E-state index in [1.165, 1.54) is 54.9 Å². The van der Waals surface area contributed by atoms with Crippen LogP contribution < -0.4 is 0 Å². The summed E-state index contributed by atoms with van der Waals surface area (Å²) >= 11 is 0. The van der Waals surface area contributed by atoms with Crippen molar-refractivity contribution in [2.24, 2.45) is 0 Å². The van der Waals surface area contributed by atoms with Crippen LogP contribution in [-0.4, -0.2) is 14.1 Å². The van der Waals surface area contributed by atoms with Crippen molar-refractivity contribution >= 4 is 43.6 Å². The van der Waals surface area contributed by atoms with E-state index in [-0.39, 0.29) is 0 Å². The quantitative estimate of drug-likeness (QED) is 0.266. The summed E-state index contributed by atoms with van der Waals surface area (Å²) in [5, 5.41) is 5.01. The maximum atomic E-state index is 4.96. The largest absolute Gasteiger partial charge is 0.307 e. The molecule has 0 fully saturated rings. The van der Waals surface area contributed by atoms with Gasteiger partial charge in [-0.05, 0) is 55.3 Å². The zero-order valence-corrected chi connectivity index (χ0v) is 19.9. The molecule has 0 aliphatic heterocycles. The molecule has 3 nitrogen and oxygen atoms in total. The van der Waals surface area contributed by atoms with Gasteiger partial charge in [-0.2, -0.15) is 0 Å². The third-order valence-electron chi connectivity index (χ3n) is 7.15. The number of aromatic nitrogens is 3. The average Bonchev–Trinajstić information content (AvgIpc) is 3.42. The van der Waals surface area contributed by atoms with Gasteiger partial charge in [0.05, 0.1) is 22.1 Å². The Bertz CT molecular complexity index is 1900. The fraction of sp³-hybridized carbons (Fsp3) is 0.0938. The molecule has 3 heterocycles. The van der Waals surface area contributed by atoms with Crippen molar-refractivity contribution in [3.8, 4) is 11.5 Å². The van der Waals surface area contributed by atoms with Crippen LogP contribution in [0.4, 0.5) is 0 Å². The lowest BCUT2D eigenvalue weighted by Gasteiger charge is -2.13. The number of hydrogen-bond donors (Lipinski definition) is 0. The second-order valence-corrected chi connectivity index (χ2v) is 9.22. The van der Waals surface area contributed by atoms with Gasteiger partial charge in [0.1, 0.15) is 5.82 Å². The molecule has 0 saturated carbocycles. The fourth-order valence-corrected chi connectivity index (χ4v) is 5.58. The number of fused-ring (bicyclic) bond motifs is 7. The second kappa shape index (κ2) is 7.57. The normalized spacial score (nSPS) is 11.8. The second-order valence-electron chi connectivity index (χ2n) is 9.22. The Morgan fingerprint density at radius 1 is 0.600 bits per heavy atom. The van der Waals surface area contributed by atoms with E-state index in [4.69, 9.17) is 4.98 Å². The summed E-state index contributed by atoms with van der Waals surface area (Å²) in [5.41, 5.74) is 8.34. The van der Waals surface area contributed by atoms with E-state index < -0.39 is 0 Å². The minimum absolute atomic E-state index is 0.947. The van der Waals surface area contributed by atoms with E-state index in [1.807, 2.05) is 0 Å². The van der Waals surface area contributed by atoms with Crippen LogP contribution in [0.25, 0.3) is 55.1 Å². The molecule has 0 bridgehead atoms. The lowest BCUT2D eigenvalue weighted by Crippen LogP contribution is -2.01. The molecule has 0 aliphatic rings. The molecule has 168 valence electrons. The molecule has 7 aromatic rings. The Labute approximate surface area is 203 Å². The number of pyridine rings is 1. The summed E-state index contributed by atoms with van der Waals surface area (Å²) in [6, 6.07) is 37.2. The highest BCUT2D eigenvalue weighted by molar-refractivity contribution is 6.23. The molecule has 7 rings (SSSR count). The number of aryl methyl sites for hydroxylation is 2. The zero-order chi connectivity index (χ0) is 23.5. The molecule has 0 unspecified atom stereocenters. The standard InChI is InChI=1S/C32H25N3/c1-3-22-11-9-12-23(20-22)34-28-15-6-4-13-24(28)26-18-19-27-25-14-5-7-16-29(25)35(32(27)31(26)34)30-17-8-10-21(2)33-30/h4-20H,3H2,1-2H3. The van der Waals surface area contributed by atoms with E-state index in [2.05, 4.69) is 126 Å². The maximum Gasteiger partial charge on any atom is 0.137 e. The summed E-state index contributed by atoms with van der Waals surface area (Å²) in [7, 11) is 0. The minimum Gasteiger partial charge on any atom is -0.307 e. The van der Waals surface area contributed by atoms with Gasteiger partial charge in [0.25, 0.3) is 0 Å². The number of rotatable bonds is 3. The van der Waals surface area contributed by atoms with E-state index >= 15 is 0 Å². The first kappa shape index (κ1) is 20.0. The monoisotopic (exact) mass is 451 g/mol. The molecule has 0 saturated heterocycles. The fourth-order valence-electron chi connectivity index (χ4n) is 5.58. The first-order valence-electron chi connectivity index (χ1n) is 12.2. The van der Waals surface area contributed by atoms with Gasteiger partial charge in [0.15, 0.2) is 0 Å². The Morgan fingerprint density at radius 3 is 1.91 bits per heavy atom. The lowest BCUT2D eigenvalue weighted by atomic mass is 10.1. The van der Waals surface area contributed by atoms with Crippen LogP contribution in [-0.2, 0) is 6.42 Å². The van der Waals surface area contributed by atoms with Crippen LogP contribution in [0, 0.1) is 6.92 Å². The van der Waals surface area contributed by atoms with Crippen molar-refractivity contribution in [1.29, 1.82) is 0 Å². The maximum absolute atomic E-state index is 4.96. The van der Waals surface area contributed by atoms with Crippen molar-refractivity contribution in [2.75, 3.05) is 0 Å². The summed E-state index contributed by atoms with van der Waals surface area (Å²) in [5.74, 6) is 0.947. The predicted octanol–water partition coefficient (Wildman–Crippen LogP) is 8.15. The molecule has 0 N–H and O–H groups in total. The lowest BCUT2D eigenvalue weighted by molar-refractivity contribution is 1.04. The number of nitrogens with zero attached hydrogens (tertiary/aromatic N) is 3. The van der Waals surface area contributed by atoms with Gasteiger partial charge < -0.3 is 4.57 Å². The zero-order valence-electron chi connectivity index (χ0n) is 19.9. The number of para-hydroxylation sites is 2. The summed E-state index contributed by atoms with van der Waals surface area (Å²) in [6.45, 7) is 4.27. The molecule has 35 heavy (non-hydrogen) atoms. The smallest absolute Gasteiger partial charge is 0.137 e.